The van der Waals surface area contributed by atoms with Crippen LogP contribution in [0.1, 0.15) is 11.1 Å². The van der Waals surface area contributed by atoms with E-state index in [1.165, 1.54) is 12.1 Å². The molecule has 2 amide bonds. The van der Waals surface area contributed by atoms with Gasteiger partial charge in [0.05, 0.1) is 6.54 Å². The van der Waals surface area contributed by atoms with Gasteiger partial charge in [-0.3, -0.25) is 9.59 Å². The molecule has 8 nitrogen and oxygen atoms in total. The molecule has 0 radical (unpaired) electrons. The van der Waals surface area contributed by atoms with E-state index in [0.717, 1.165) is 22.0 Å². The average molecular weight is 396 g/mol. The number of carbonyl (C=O) groups excluding carboxylic acids is 2. The zero-order valence-electron chi connectivity index (χ0n) is 15.8. The Morgan fingerprint density at radius 2 is 1.79 bits per heavy atom. The van der Waals surface area contributed by atoms with Crippen LogP contribution in [0.15, 0.2) is 48.7 Å². The first kappa shape index (κ1) is 20.2. The molecule has 3 rings (SSSR count). The van der Waals surface area contributed by atoms with Gasteiger partial charge in [-0.2, -0.15) is 0 Å². The first-order valence-corrected chi connectivity index (χ1v) is 9.28. The molecule has 7 N–H and O–H groups in total. The molecule has 0 saturated heterocycles. The standard InChI is InChI=1S/C21H24N4O4/c22-21(29)19(9-13-1-3-15(26)4-2-13)25-20(28)12-23-8-7-14-11-24-18-6-5-16(27)10-17(14)18/h1-6,10-11,19,23-24,26-27H,7-9,12H2,(H2,22,29)(H,25,28)/t19-/m0/s1. The molecule has 0 aliphatic carbocycles. The number of H-pyrrole nitrogens is 1. The van der Waals surface area contributed by atoms with Gasteiger partial charge in [0.15, 0.2) is 0 Å². The number of amides is 2. The minimum Gasteiger partial charge on any atom is -0.508 e. The van der Waals surface area contributed by atoms with Crippen LogP contribution in [0.25, 0.3) is 10.9 Å². The van der Waals surface area contributed by atoms with E-state index in [9.17, 15) is 19.8 Å². The predicted molar refractivity (Wildman–Crippen MR) is 109 cm³/mol. The number of carbonyl (C=O) groups is 2. The van der Waals surface area contributed by atoms with Crippen LogP contribution in [0.4, 0.5) is 0 Å². The Balaban J connectivity index is 1.47. The van der Waals surface area contributed by atoms with E-state index in [-0.39, 0.29) is 30.4 Å². The molecule has 0 aliphatic heterocycles. The SMILES string of the molecule is NC(=O)[C@H](Cc1ccc(O)cc1)NC(=O)CNCCc1c[nH]c2ccc(O)cc12. The van der Waals surface area contributed by atoms with Crippen molar-refractivity contribution in [2.24, 2.45) is 5.73 Å². The van der Waals surface area contributed by atoms with E-state index in [1.807, 2.05) is 12.3 Å². The molecule has 0 saturated carbocycles. The third-order valence-corrected chi connectivity index (χ3v) is 4.66. The predicted octanol–water partition coefficient (Wildman–Crippen LogP) is 0.924. The molecule has 0 spiro atoms. The van der Waals surface area contributed by atoms with Crippen molar-refractivity contribution in [1.82, 2.24) is 15.6 Å². The fourth-order valence-corrected chi connectivity index (χ4v) is 3.13. The molecule has 2 aromatic carbocycles. The lowest BCUT2D eigenvalue weighted by Gasteiger charge is -2.16. The third kappa shape index (κ3) is 5.49. The maximum atomic E-state index is 12.2. The minimum atomic E-state index is -0.828. The van der Waals surface area contributed by atoms with Crippen molar-refractivity contribution in [2.75, 3.05) is 13.1 Å². The Bertz CT molecular complexity index is 998. The number of phenols is 2. The van der Waals surface area contributed by atoms with E-state index >= 15 is 0 Å². The van der Waals surface area contributed by atoms with Crippen LogP contribution in [0.2, 0.25) is 0 Å². The molecule has 0 fully saturated rings. The van der Waals surface area contributed by atoms with Crippen molar-refractivity contribution in [3.8, 4) is 11.5 Å². The number of aromatic amines is 1. The summed E-state index contributed by atoms with van der Waals surface area (Å²) < 4.78 is 0. The molecule has 29 heavy (non-hydrogen) atoms. The van der Waals surface area contributed by atoms with Gasteiger partial charge in [0.1, 0.15) is 17.5 Å². The molecule has 1 aromatic heterocycles. The maximum Gasteiger partial charge on any atom is 0.240 e. The smallest absolute Gasteiger partial charge is 0.240 e. The first-order valence-electron chi connectivity index (χ1n) is 9.28. The van der Waals surface area contributed by atoms with Gasteiger partial charge in [0, 0.05) is 23.5 Å². The number of rotatable bonds is 9. The van der Waals surface area contributed by atoms with Gasteiger partial charge in [-0.05, 0) is 54.4 Å². The fraction of sp³-hybridized carbons (Fsp3) is 0.238. The zero-order valence-corrected chi connectivity index (χ0v) is 15.8. The largest absolute Gasteiger partial charge is 0.508 e. The van der Waals surface area contributed by atoms with Gasteiger partial charge in [0.25, 0.3) is 0 Å². The number of nitrogens with one attached hydrogen (secondary N) is 3. The van der Waals surface area contributed by atoms with Crippen molar-refractivity contribution in [2.45, 2.75) is 18.9 Å². The Morgan fingerprint density at radius 1 is 1.07 bits per heavy atom. The third-order valence-electron chi connectivity index (χ3n) is 4.66. The number of phenolic OH excluding ortho intramolecular Hbond substituents is 2. The van der Waals surface area contributed by atoms with Crippen LogP contribution in [0, 0.1) is 0 Å². The summed E-state index contributed by atoms with van der Waals surface area (Å²) in [6, 6.07) is 10.7. The first-order chi connectivity index (χ1) is 13.9. The molecule has 3 aromatic rings. The number of fused-ring (bicyclic) bond motifs is 1. The van der Waals surface area contributed by atoms with Crippen molar-refractivity contribution in [3.63, 3.8) is 0 Å². The van der Waals surface area contributed by atoms with E-state index in [4.69, 9.17) is 5.73 Å². The van der Waals surface area contributed by atoms with Gasteiger partial charge in [-0.1, -0.05) is 12.1 Å². The van der Waals surface area contributed by atoms with Gasteiger partial charge >= 0.3 is 0 Å². The summed E-state index contributed by atoms with van der Waals surface area (Å²) in [4.78, 5) is 27.0. The summed E-state index contributed by atoms with van der Waals surface area (Å²) in [5.41, 5.74) is 8.15. The van der Waals surface area contributed by atoms with Crippen molar-refractivity contribution in [3.05, 3.63) is 59.8 Å². The molecule has 1 heterocycles. The lowest BCUT2D eigenvalue weighted by Crippen LogP contribution is -2.48. The normalized spacial score (nSPS) is 12.0. The summed E-state index contributed by atoms with van der Waals surface area (Å²) in [5.74, 6) is -0.617. The second kappa shape index (κ2) is 9.11. The minimum absolute atomic E-state index is 0.0486. The summed E-state index contributed by atoms with van der Waals surface area (Å²) in [6.07, 6.45) is 2.80. The highest BCUT2D eigenvalue weighted by atomic mass is 16.3. The number of aromatic nitrogens is 1. The van der Waals surface area contributed by atoms with E-state index < -0.39 is 11.9 Å². The molecular formula is C21H24N4O4. The van der Waals surface area contributed by atoms with E-state index in [1.54, 1.807) is 24.3 Å². The van der Waals surface area contributed by atoms with Crippen molar-refractivity contribution in [1.29, 1.82) is 0 Å². The monoisotopic (exact) mass is 396 g/mol. The lowest BCUT2D eigenvalue weighted by molar-refractivity contribution is -0.126. The van der Waals surface area contributed by atoms with Crippen LogP contribution in [-0.4, -0.2) is 46.1 Å². The Morgan fingerprint density at radius 3 is 2.52 bits per heavy atom. The molecule has 0 bridgehead atoms. The summed E-state index contributed by atoms with van der Waals surface area (Å²) in [7, 11) is 0. The highest BCUT2D eigenvalue weighted by Gasteiger charge is 2.18. The van der Waals surface area contributed by atoms with Crippen LogP contribution < -0.4 is 16.4 Å². The molecule has 152 valence electrons. The number of primary amides is 1. The van der Waals surface area contributed by atoms with Crippen molar-refractivity contribution >= 4 is 22.7 Å². The van der Waals surface area contributed by atoms with Crippen LogP contribution in [-0.2, 0) is 22.4 Å². The van der Waals surface area contributed by atoms with Gasteiger partial charge in [-0.25, -0.2) is 0 Å². The topological polar surface area (TPSA) is 140 Å². The van der Waals surface area contributed by atoms with Gasteiger partial charge in [0.2, 0.25) is 11.8 Å². The number of hydrogen-bond donors (Lipinski definition) is 6. The average Bonchev–Trinajstić information content (AvgIpc) is 3.08. The second-order valence-corrected chi connectivity index (χ2v) is 6.86. The Labute approximate surface area is 167 Å². The lowest BCUT2D eigenvalue weighted by atomic mass is 10.1. The number of nitrogens with two attached hydrogens (primary N) is 1. The highest BCUT2D eigenvalue weighted by Crippen LogP contribution is 2.23. The summed E-state index contributed by atoms with van der Waals surface area (Å²) in [6.45, 7) is 0.599. The Hall–Kier alpha value is -3.52. The fourth-order valence-electron chi connectivity index (χ4n) is 3.13. The molecular weight excluding hydrogens is 372 g/mol. The Kier molecular flexibility index (Phi) is 6.36. The summed E-state index contributed by atoms with van der Waals surface area (Å²) in [5, 5.41) is 25.6. The zero-order chi connectivity index (χ0) is 20.8. The van der Waals surface area contributed by atoms with Crippen LogP contribution in [0.5, 0.6) is 11.5 Å². The highest BCUT2D eigenvalue weighted by molar-refractivity contribution is 5.87. The van der Waals surface area contributed by atoms with Gasteiger partial charge in [-0.15, -0.1) is 0 Å². The van der Waals surface area contributed by atoms with Gasteiger partial charge < -0.3 is 31.6 Å². The number of hydrogen-bond acceptors (Lipinski definition) is 5. The molecule has 0 unspecified atom stereocenters. The van der Waals surface area contributed by atoms with Crippen LogP contribution in [0.3, 0.4) is 0 Å². The number of benzene rings is 2. The number of aromatic hydroxyl groups is 2. The van der Waals surface area contributed by atoms with E-state index in [2.05, 4.69) is 15.6 Å². The quantitative estimate of drug-likeness (QED) is 0.299. The molecule has 0 aliphatic rings. The van der Waals surface area contributed by atoms with E-state index in [0.29, 0.717) is 13.0 Å². The van der Waals surface area contributed by atoms with Crippen molar-refractivity contribution < 1.29 is 19.8 Å². The second-order valence-electron chi connectivity index (χ2n) is 6.86. The van der Waals surface area contributed by atoms with Crippen LogP contribution >= 0.6 is 0 Å². The maximum absolute atomic E-state index is 12.2. The molecule has 1 atom stereocenters. The molecule has 8 heteroatoms. The summed E-state index contributed by atoms with van der Waals surface area (Å²) >= 11 is 0.